The van der Waals surface area contributed by atoms with Crippen LogP contribution in [0.25, 0.3) is 0 Å². The lowest BCUT2D eigenvalue weighted by atomic mass is 9.43. The molecule has 0 saturated heterocycles. The molecule has 4 aliphatic rings. The fraction of sp³-hybridized carbons (Fsp3) is 0.774. The first kappa shape index (κ1) is 26.0. The monoisotopic (exact) mass is 497 g/mol. The zero-order valence-electron chi connectivity index (χ0n) is 22.7. The molecule has 1 amide bonds. The van der Waals surface area contributed by atoms with E-state index in [9.17, 15) is 15.0 Å². The molecule has 4 fully saturated rings. The number of methoxy groups -OCH3 is 1. The number of carbonyl (C=O) groups excluding carboxylic acids is 1. The van der Waals surface area contributed by atoms with Gasteiger partial charge in [-0.25, -0.2) is 0 Å². The van der Waals surface area contributed by atoms with Crippen molar-refractivity contribution in [3.05, 3.63) is 24.3 Å². The van der Waals surface area contributed by atoms with Crippen molar-refractivity contribution < 1.29 is 19.7 Å². The van der Waals surface area contributed by atoms with Gasteiger partial charge in [0.2, 0.25) is 5.91 Å². The van der Waals surface area contributed by atoms with E-state index in [1.54, 1.807) is 7.11 Å². The van der Waals surface area contributed by atoms with Gasteiger partial charge in [-0.2, -0.15) is 0 Å². The van der Waals surface area contributed by atoms with Crippen molar-refractivity contribution in [3.8, 4) is 5.75 Å². The number of rotatable bonds is 6. The van der Waals surface area contributed by atoms with Gasteiger partial charge in [0.1, 0.15) is 5.75 Å². The summed E-state index contributed by atoms with van der Waals surface area (Å²) in [6, 6.07) is 7.50. The number of hydrogen-bond donors (Lipinski definition) is 3. The molecule has 0 spiro atoms. The Labute approximate surface area is 217 Å². The predicted octanol–water partition coefficient (Wildman–Crippen LogP) is 6.04. The molecule has 0 radical (unpaired) electrons. The molecule has 10 atom stereocenters. The van der Waals surface area contributed by atoms with Crippen molar-refractivity contribution in [2.45, 2.75) is 97.2 Å². The smallest absolute Gasteiger partial charge is 0.224 e. The number of hydrogen-bond acceptors (Lipinski definition) is 4. The molecule has 4 saturated carbocycles. The van der Waals surface area contributed by atoms with Crippen LogP contribution < -0.4 is 10.1 Å². The van der Waals surface area contributed by atoms with Crippen LogP contribution in [0, 0.1) is 46.3 Å². The number of nitrogens with one attached hydrogen (secondary N) is 1. The lowest BCUT2D eigenvalue weighted by molar-refractivity contribution is -0.174. The van der Waals surface area contributed by atoms with E-state index in [2.05, 4.69) is 26.1 Å². The maximum Gasteiger partial charge on any atom is 0.224 e. The maximum atomic E-state index is 12.7. The Morgan fingerprint density at radius 3 is 2.44 bits per heavy atom. The summed E-state index contributed by atoms with van der Waals surface area (Å²) in [5.74, 6) is 4.00. The molecular weight excluding hydrogens is 450 g/mol. The number of anilines is 1. The summed E-state index contributed by atoms with van der Waals surface area (Å²) < 4.78 is 5.20. The highest BCUT2D eigenvalue weighted by Crippen LogP contribution is 2.68. The van der Waals surface area contributed by atoms with Gasteiger partial charge < -0.3 is 20.3 Å². The quantitative estimate of drug-likeness (QED) is 0.448. The minimum atomic E-state index is -0.229. The molecule has 36 heavy (non-hydrogen) atoms. The summed E-state index contributed by atoms with van der Waals surface area (Å²) >= 11 is 0. The molecule has 0 aliphatic heterocycles. The average Bonchev–Trinajstić information content (AvgIpc) is 3.21. The molecule has 4 aliphatic carbocycles. The second kappa shape index (κ2) is 9.94. The van der Waals surface area contributed by atoms with E-state index in [1.807, 2.05) is 24.3 Å². The molecule has 3 N–H and O–H groups in total. The molecule has 5 heteroatoms. The summed E-state index contributed by atoms with van der Waals surface area (Å²) in [5, 5.41) is 24.8. The molecular formula is C31H47NO4. The van der Waals surface area contributed by atoms with Gasteiger partial charge in [-0.3, -0.25) is 4.79 Å². The summed E-state index contributed by atoms with van der Waals surface area (Å²) in [7, 11) is 1.64. The number of carbonyl (C=O) groups is 1. The highest BCUT2D eigenvalue weighted by atomic mass is 16.5. The van der Waals surface area contributed by atoms with Crippen molar-refractivity contribution in [2.24, 2.45) is 46.3 Å². The summed E-state index contributed by atoms with van der Waals surface area (Å²) in [6.07, 6.45) is 9.69. The molecule has 5 rings (SSSR count). The molecule has 0 bridgehead atoms. The maximum absolute atomic E-state index is 12.7. The number of fused-ring (bicyclic) bond motifs is 5. The molecule has 1 aromatic carbocycles. The summed E-state index contributed by atoms with van der Waals surface area (Å²) in [6.45, 7) is 7.33. The van der Waals surface area contributed by atoms with E-state index in [0.717, 1.165) is 43.5 Å². The normalized spacial score (nSPS) is 42.6. The van der Waals surface area contributed by atoms with Gasteiger partial charge in [0, 0.05) is 12.1 Å². The molecule has 200 valence electrons. The Bertz CT molecular complexity index is 933. The Morgan fingerprint density at radius 1 is 1.03 bits per heavy atom. The standard InChI is InChI=1S/C31H47NO4/c1-19(5-12-28(35)32-21-6-8-23(36-4)9-7-21)24-10-11-25-29-26(14-16-31(24,25)3)30(2)15-13-22(33)17-20(30)18-27(29)34/h6-9,19-20,22,24-27,29,33-34H,5,10-18H2,1-4H3,(H,32,35)/t19-,20+,22-,24-,25+,26+,27+,29+,30+,31-/m0/s1. The molecule has 0 unspecified atom stereocenters. The van der Waals surface area contributed by atoms with Gasteiger partial charge in [-0.1, -0.05) is 20.8 Å². The van der Waals surface area contributed by atoms with Gasteiger partial charge in [-0.15, -0.1) is 0 Å². The number of ether oxygens (including phenoxy) is 1. The van der Waals surface area contributed by atoms with E-state index in [4.69, 9.17) is 4.74 Å². The van der Waals surface area contributed by atoms with E-state index in [0.29, 0.717) is 41.9 Å². The second-order valence-corrected chi connectivity index (χ2v) is 13.2. The zero-order valence-corrected chi connectivity index (χ0v) is 22.7. The third kappa shape index (κ3) is 4.49. The van der Waals surface area contributed by atoms with E-state index < -0.39 is 0 Å². The third-order valence-electron chi connectivity index (χ3n) is 11.6. The lowest BCUT2D eigenvalue weighted by Crippen LogP contribution is -2.58. The highest BCUT2D eigenvalue weighted by molar-refractivity contribution is 5.90. The van der Waals surface area contributed by atoms with Gasteiger partial charge in [0.15, 0.2) is 0 Å². The first-order chi connectivity index (χ1) is 17.2. The molecule has 0 aromatic heterocycles. The predicted molar refractivity (Wildman–Crippen MR) is 143 cm³/mol. The van der Waals surface area contributed by atoms with Gasteiger partial charge in [-0.05, 0) is 128 Å². The van der Waals surface area contributed by atoms with E-state index in [1.165, 1.54) is 25.7 Å². The zero-order chi connectivity index (χ0) is 25.7. The van der Waals surface area contributed by atoms with Crippen molar-refractivity contribution in [2.75, 3.05) is 12.4 Å². The van der Waals surface area contributed by atoms with E-state index >= 15 is 0 Å². The van der Waals surface area contributed by atoms with E-state index in [-0.39, 0.29) is 28.9 Å². The van der Waals surface area contributed by atoms with Crippen LogP contribution in [0.1, 0.15) is 85.0 Å². The van der Waals surface area contributed by atoms with Gasteiger partial charge >= 0.3 is 0 Å². The minimum absolute atomic E-state index is 0.0802. The lowest BCUT2D eigenvalue weighted by Gasteiger charge is -2.62. The first-order valence-corrected chi connectivity index (χ1v) is 14.5. The number of aliphatic hydroxyl groups is 2. The van der Waals surface area contributed by atoms with Crippen LogP contribution in [-0.2, 0) is 4.79 Å². The Balaban J connectivity index is 1.22. The number of benzene rings is 1. The first-order valence-electron chi connectivity index (χ1n) is 14.5. The average molecular weight is 498 g/mol. The molecule has 1 aromatic rings. The van der Waals surface area contributed by atoms with Crippen LogP contribution in [0.5, 0.6) is 5.75 Å². The van der Waals surface area contributed by atoms with Crippen molar-refractivity contribution >= 4 is 11.6 Å². The summed E-state index contributed by atoms with van der Waals surface area (Å²) in [5.41, 5.74) is 1.34. The van der Waals surface area contributed by atoms with Crippen molar-refractivity contribution in [1.82, 2.24) is 0 Å². The Kier molecular flexibility index (Phi) is 7.19. The molecule has 0 heterocycles. The SMILES string of the molecule is COc1ccc(NC(=O)CC[C@H](C)[C@@H]2CC[C@@H]3[C@H]4[C@H](O)C[C@H]5C[C@@H](O)CC[C@@]5(C)[C@@H]4CC[C@]32C)cc1. The second-order valence-electron chi connectivity index (χ2n) is 13.2. The third-order valence-corrected chi connectivity index (χ3v) is 11.6. The fourth-order valence-electron chi connectivity index (χ4n) is 9.63. The van der Waals surface area contributed by atoms with Crippen molar-refractivity contribution in [3.63, 3.8) is 0 Å². The number of amides is 1. The van der Waals surface area contributed by atoms with Crippen LogP contribution in [0.3, 0.4) is 0 Å². The van der Waals surface area contributed by atoms with Gasteiger partial charge in [0.25, 0.3) is 0 Å². The molecule has 5 nitrogen and oxygen atoms in total. The number of aliphatic hydroxyl groups excluding tert-OH is 2. The van der Waals surface area contributed by atoms with Crippen molar-refractivity contribution in [1.29, 1.82) is 0 Å². The van der Waals surface area contributed by atoms with Crippen LogP contribution in [-0.4, -0.2) is 35.4 Å². The van der Waals surface area contributed by atoms with Crippen LogP contribution in [0.15, 0.2) is 24.3 Å². The minimum Gasteiger partial charge on any atom is -0.497 e. The summed E-state index contributed by atoms with van der Waals surface area (Å²) in [4.78, 5) is 12.7. The van der Waals surface area contributed by atoms with Gasteiger partial charge in [0.05, 0.1) is 19.3 Å². The van der Waals surface area contributed by atoms with Crippen LogP contribution in [0.2, 0.25) is 0 Å². The fourth-order valence-corrected chi connectivity index (χ4v) is 9.63. The highest BCUT2D eigenvalue weighted by Gasteiger charge is 2.62. The Hall–Kier alpha value is -1.59. The van der Waals surface area contributed by atoms with Crippen LogP contribution in [0.4, 0.5) is 5.69 Å². The Morgan fingerprint density at radius 2 is 1.72 bits per heavy atom. The largest absolute Gasteiger partial charge is 0.497 e. The van der Waals surface area contributed by atoms with Crippen LogP contribution >= 0.6 is 0 Å². The topological polar surface area (TPSA) is 78.8 Å².